The van der Waals surface area contributed by atoms with E-state index < -0.39 is 17.1 Å². The number of nitrogens with one attached hydrogen (secondary N) is 1. The Balaban J connectivity index is 1.25. The van der Waals surface area contributed by atoms with Gasteiger partial charge in [0.25, 0.3) is 0 Å². The van der Waals surface area contributed by atoms with Crippen molar-refractivity contribution in [2.24, 2.45) is 5.92 Å². The lowest BCUT2D eigenvalue weighted by Gasteiger charge is -2.30. The van der Waals surface area contributed by atoms with Crippen LogP contribution in [0.2, 0.25) is 5.02 Å². The van der Waals surface area contributed by atoms with Crippen molar-refractivity contribution in [1.82, 2.24) is 4.57 Å². The molecule has 0 aliphatic carbocycles. The number of hydrogen-bond donors (Lipinski definition) is 1. The topological polar surface area (TPSA) is 88.5 Å². The van der Waals surface area contributed by atoms with Gasteiger partial charge in [0, 0.05) is 21.5 Å². The molecule has 0 saturated carbocycles. The summed E-state index contributed by atoms with van der Waals surface area (Å²) in [6, 6.07) is 29.5. The highest BCUT2D eigenvalue weighted by Gasteiger charge is 2.56. The first-order chi connectivity index (χ1) is 20.4. The van der Waals surface area contributed by atoms with Crippen molar-refractivity contribution in [3.8, 4) is 0 Å². The summed E-state index contributed by atoms with van der Waals surface area (Å²) in [5, 5.41) is 5.24. The van der Waals surface area contributed by atoms with E-state index in [9.17, 15) is 19.2 Å². The first-order valence-corrected chi connectivity index (χ1v) is 15.3. The van der Waals surface area contributed by atoms with Gasteiger partial charge in [-0.05, 0) is 52.7 Å². The van der Waals surface area contributed by atoms with E-state index in [0.29, 0.717) is 26.3 Å². The van der Waals surface area contributed by atoms with Crippen LogP contribution in [0.4, 0.5) is 11.4 Å². The number of aromatic nitrogens is 1. The van der Waals surface area contributed by atoms with E-state index in [1.165, 1.54) is 21.2 Å². The Labute approximate surface area is 253 Å². The molecule has 7 nitrogen and oxygen atoms in total. The second kappa shape index (κ2) is 10.6. The number of fused-ring (bicyclic) bond motifs is 3. The van der Waals surface area contributed by atoms with Crippen LogP contribution in [0.5, 0.6) is 0 Å². The number of thiazole rings is 1. The van der Waals surface area contributed by atoms with Gasteiger partial charge in [-0.3, -0.25) is 23.7 Å². The van der Waals surface area contributed by atoms with Gasteiger partial charge in [-0.25, -0.2) is 4.90 Å². The summed E-state index contributed by atoms with van der Waals surface area (Å²) in [5.74, 6) is -2.24. The fraction of sp³-hybridized carbons (Fsp3) is 0.125. The molecule has 0 spiro atoms. The zero-order valence-electron chi connectivity index (χ0n) is 21.9. The van der Waals surface area contributed by atoms with E-state index in [1.54, 1.807) is 24.3 Å². The van der Waals surface area contributed by atoms with Gasteiger partial charge in [0.15, 0.2) is 0 Å². The van der Waals surface area contributed by atoms with Crippen LogP contribution in [0.15, 0.2) is 107 Å². The quantitative estimate of drug-likeness (QED) is 0.241. The number of anilines is 2. The van der Waals surface area contributed by atoms with Crippen LogP contribution in [-0.4, -0.2) is 27.5 Å². The van der Waals surface area contributed by atoms with Crippen LogP contribution >= 0.6 is 34.7 Å². The molecule has 2 unspecified atom stereocenters. The van der Waals surface area contributed by atoms with Crippen molar-refractivity contribution in [1.29, 1.82) is 0 Å². The molecule has 1 aromatic heterocycles. The zero-order chi connectivity index (χ0) is 29.0. The molecule has 10 heteroatoms. The van der Waals surface area contributed by atoms with Gasteiger partial charge in [0.05, 0.1) is 16.6 Å². The van der Waals surface area contributed by atoms with E-state index in [-0.39, 0.29) is 29.1 Å². The predicted molar refractivity (Wildman–Crippen MR) is 167 cm³/mol. The number of carbonyl (C=O) groups excluding carboxylic acids is 3. The molecule has 2 aliphatic heterocycles. The Kier molecular flexibility index (Phi) is 6.73. The molecule has 4 aromatic carbocycles. The van der Waals surface area contributed by atoms with Crippen LogP contribution < -0.4 is 15.1 Å². The first kappa shape index (κ1) is 26.7. The normalized spacial score (nSPS) is 19.5. The summed E-state index contributed by atoms with van der Waals surface area (Å²) in [6.07, 6.45) is 0. The van der Waals surface area contributed by atoms with Crippen molar-refractivity contribution in [2.75, 3.05) is 10.2 Å². The molecule has 3 atom stereocenters. The number of hydrogen-bond acceptors (Lipinski definition) is 6. The van der Waals surface area contributed by atoms with Crippen LogP contribution in [0.25, 0.3) is 10.8 Å². The van der Waals surface area contributed by atoms with Gasteiger partial charge < -0.3 is 5.32 Å². The summed E-state index contributed by atoms with van der Waals surface area (Å²) in [4.78, 5) is 55.9. The first-order valence-electron chi connectivity index (χ1n) is 13.3. The number of halogens is 1. The number of amides is 3. The van der Waals surface area contributed by atoms with Gasteiger partial charge in [0.1, 0.15) is 11.8 Å². The molecule has 42 heavy (non-hydrogen) atoms. The third-order valence-electron chi connectivity index (χ3n) is 7.63. The van der Waals surface area contributed by atoms with Crippen molar-refractivity contribution >= 4 is 74.6 Å². The summed E-state index contributed by atoms with van der Waals surface area (Å²) in [6.45, 7) is -0.216. The van der Waals surface area contributed by atoms with E-state index in [2.05, 4.69) is 5.32 Å². The number of carbonyl (C=O) groups is 3. The SMILES string of the molecule is O=C(Cn1c2c(sc1=O)[C@H](c1ccccc1)C1C(=O)N(c3ccc(Cl)cc3)C(=O)C1S2)Nc1ccc2ccccc2c1. The molecular formula is C32H22ClN3O4S2. The number of imide groups is 1. The standard InChI is InChI=1S/C32H22ClN3O4S2/c33-21-11-14-23(15-12-21)36-29(38)26-25(19-7-2-1-3-8-19)28-31(41-27(26)30(36)39)35(32(40)42-28)17-24(37)34-22-13-10-18-6-4-5-9-20(18)16-22/h1-16,25-27H,17H2,(H,34,37)/t25-,26?,27?/m1/s1. The molecule has 3 heterocycles. The second-order valence-electron chi connectivity index (χ2n) is 10.2. The largest absolute Gasteiger partial charge is 0.325 e. The summed E-state index contributed by atoms with van der Waals surface area (Å²) in [5.41, 5.74) is 1.91. The zero-order valence-corrected chi connectivity index (χ0v) is 24.3. The molecule has 0 bridgehead atoms. The molecule has 208 valence electrons. The Morgan fingerprint density at radius 2 is 1.55 bits per heavy atom. The van der Waals surface area contributed by atoms with E-state index in [4.69, 9.17) is 11.6 Å². The van der Waals surface area contributed by atoms with Crippen molar-refractivity contribution < 1.29 is 14.4 Å². The molecular weight excluding hydrogens is 590 g/mol. The maximum atomic E-state index is 13.9. The predicted octanol–water partition coefficient (Wildman–Crippen LogP) is 6.15. The number of benzene rings is 4. The van der Waals surface area contributed by atoms with Gasteiger partial charge in [0.2, 0.25) is 17.7 Å². The summed E-state index contributed by atoms with van der Waals surface area (Å²) in [7, 11) is 0. The average molecular weight is 612 g/mol. The third kappa shape index (κ3) is 4.54. The monoisotopic (exact) mass is 611 g/mol. The Hall–Kier alpha value is -4.18. The number of rotatable bonds is 5. The molecule has 3 amide bonds. The lowest BCUT2D eigenvalue weighted by molar-refractivity contribution is -0.122. The Bertz CT molecular complexity index is 1940. The third-order valence-corrected chi connectivity index (χ3v) is 10.5. The Morgan fingerprint density at radius 1 is 0.833 bits per heavy atom. The summed E-state index contributed by atoms with van der Waals surface area (Å²) < 4.78 is 1.43. The molecule has 1 fully saturated rings. The van der Waals surface area contributed by atoms with Crippen LogP contribution in [0.3, 0.4) is 0 Å². The van der Waals surface area contributed by atoms with Gasteiger partial charge in [-0.1, -0.05) is 95.4 Å². The highest BCUT2D eigenvalue weighted by molar-refractivity contribution is 8.00. The fourth-order valence-electron chi connectivity index (χ4n) is 5.73. The maximum absolute atomic E-state index is 13.9. The Morgan fingerprint density at radius 3 is 2.31 bits per heavy atom. The van der Waals surface area contributed by atoms with E-state index in [0.717, 1.165) is 27.7 Å². The molecule has 1 saturated heterocycles. The highest BCUT2D eigenvalue weighted by atomic mass is 35.5. The minimum absolute atomic E-state index is 0.216. The van der Waals surface area contributed by atoms with Crippen molar-refractivity contribution in [3.63, 3.8) is 0 Å². The molecule has 5 aromatic rings. The molecule has 2 aliphatic rings. The molecule has 1 N–H and O–H groups in total. The van der Waals surface area contributed by atoms with Crippen LogP contribution in [0, 0.1) is 5.92 Å². The van der Waals surface area contributed by atoms with E-state index >= 15 is 0 Å². The minimum Gasteiger partial charge on any atom is -0.325 e. The van der Waals surface area contributed by atoms with Crippen LogP contribution in [-0.2, 0) is 20.9 Å². The smallest absolute Gasteiger partial charge is 0.308 e. The van der Waals surface area contributed by atoms with Crippen molar-refractivity contribution in [2.45, 2.75) is 22.7 Å². The average Bonchev–Trinajstić information content (AvgIpc) is 3.44. The van der Waals surface area contributed by atoms with Gasteiger partial charge in [-0.15, -0.1) is 0 Å². The number of nitrogens with zero attached hydrogens (tertiary/aromatic N) is 2. The van der Waals surface area contributed by atoms with E-state index in [1.807, 2.05) is 72.8 Å². The fourth-order valence-corrected chi connectivity index (χ4v) is 8.63. The molecule has 7 rings (SSSR count). The highest BCUT2D eigenvalue weighted by Crippen LogP contribution is 2.53. The molecule has 0 radical (unpaired) electrons. The maximum Gasteiger partial charge on any atom is 0.308 e. The van der Waals surface area contributed by atoms with Gasteiger partial charge in [-0.2, -0.15) is 0 Å². The summed E-state index contributed by atoms with van der Waals surface area (Å²) >= 11 is 8.28. The van der Waals surface area contributed by atoms with Gasteiger partial charge >= 0.3 is 4.87 Å². The van der Waals surface area contributed by atoms with Crippen LogP contribution in [0.1, 0.15) is 16.4 Å². The second-order valence-corrected chi connectivity index (χ2v) is 12.7. The number of thioether (sulfide) groups is 1. The lowest BCUT2D eigenvalue weighted by Crippen LogP contribution is -2.33. The lowest BCUT2D eigenvalue weighted by atomic mass is 9.83. The van der Waals surface area contributed by atoms with Crippen molar-refractivity contribution in [3.05, 3.63) is 122 Å². The minimum atomic E-state index is -0.755.